The van der Waals surface area contributed by atoms with E-state index < -0.39 is 0 Å². The first kappa shape index (κ1) is 15.5. The molecule has 0 saturated heterocycles. The van der Waals surface area contributed by atoms with Crippen LogP contribution in [-0.2, 0) is 12.8 Å². The summed E-state index contributed by atoms with van der Waals surface area (Å²) in [5.74, 6) is 1.81. The molecule has 4 rings (SSSR count). The number of rotatable bonds is 5. The summed E-state index contributed by atoms with van der Waals surface area (Å²) in [6, 6.07) is 3.95. The first-order chi connectivity index (χ1) is 11.9. The van der Waals surface area contributed by atoms with Crippen molar-refractivity contribution >= 4 is 27.4 Å². The summed E-state index contributed by atoms with van der Waals surface area (Å²) in [4.78, 5) is 16.5. The molecule has 0 saturated carbocycles. The molecule has 1 aliphatic carbocycles. The van der Waals surface area contributed by atoms with Crippen molar-refractivity contribution in [2.45, 2.75) is 45.4 Å². The van der Waals surface area contributed by atoms with Gasteiger partial charge in [-0.15, -0.1) is 11.3 Å². The average molecular weight is 338 g/mol. The van der Waals surface area contributed by atoms with E-state index in [1.165, 1.54) is 41.5 Å². The molecule has 0 spiro atoms. The Hall–Kier alpha value is -2.01. The Labute approximate surface area is 146 Å². The number of thiophene rings is 1. The number of pyridine rings is 1. The van der Waals surface area contributed by atoms with E-state index in [0.29, 0.717) is 0 Å². The van der Waals surface area contributed by atoms with Crippen molar-refractivity contribution in [3.05, 3.63) is 35.0 Å². The number of fused-ring (bicyclic) bond motifs is 3. The third-order valence-electron chi connectivity index (χ3n) is 4.58. The summed E-state index contributed by atoms with van der Waals surface area (Å²) >= 11 is 1.86. The Morgan fingerprint density at radius 3 is 2.79 bits per heavy atom. The lowest BCUT2D eigenvalue weighted by molar-refractivity contribution is 0.700. The molecule has 0 radical (unpaired) electrons. The molecule has 0 amide bonds. The van der Waals surface area contributed by atoms with Gasteiger partial charge in [0.2, 0.25) is 0 Å². The van der Waals surface area contributed by atoms with Crippen LogP contribution in [0.25, 0.3) is 21.6 Å². The van der Waals surface area contributed by atoms with Crippen LogP contribution in [0.15, 0.2) is 24.5 Å². The Morgan fingerprint density at radius 1 is 1.12 bits per heavy atom. The molecule has 5 heteroatoms. The minimum atomic E-state index is 0.794. The van der Waals surface area contributed by atoms with Gasteiger partial charge in [-0.2, -0.15) is 0 Å². The molecule has 24 heavy (non-hydrogen) atoms. The maximum absolute atomic E-state index is 4.88. The van der Waals surface area contributed by atoms with Crippen LogP contribution >= 0.6 is 11.3 Å². The topological polar surface area (TPSA) is 50.7 Å². The smallest absolute Gasteiger partial charge is 0.163 e. The Bertz CT molecular complexity index is 841. The predicted molar refractivity (Wildman–Crippen MR) is 101 cm³/mol. The molecule has 0 unspecified atom stereocenters. The van der Waals surface area contributed by atoms with Crippen molar-refractivity contribution in [1.29, 1.82) is 0 Å². The first-order valence-electron chi connectivity index (χ1n) is 8.83. The zero-order valence-electron chi connectivity index (χ0n) is 14.0. The second kappa shape index (κ2) is 6.85. The van der Waals surface area contributed by atoms with Crippen LogP contribution in [0, 0.1) is 0 Å². The van der Waals surface area contributed by atoms with Crippen LogP contribution in [0.1, 0.15) is 43.0 Å². The standard InChI is InChI=1S/C19H22N4S/c1-2-3-10-21-18-16-14-6-4-5-7-15(14)24-19(16)23-17(22-18)13-8-11-20-12-9-13/h8-9,11-12H,2-7,10H2,1H3,(H,21,22,23). The number of aryl methyl sites for hydroxylation is 2. The highest BCUT2D eigenvalue weighted by Crippen LogP contribution is 2.39. The molecule has 3 heterocycles. The summed E-state index contributed by atoms with van der Waals surface area (Å²) in [5, 5.41) is 4.84. The number of aromatic nitrogens is 3. The molecular formula is C19H22N4S. The number of hydrogen-bond acceptors (Lipinski definition) is 5. The van der Waals surface area contributed by atoms with Gasteiger partial charge in [-0.1, -0.05) is 13.3 Å². The Morgan fingerprint density at radius 2 is 1.96 bits per heavy atom. The van der Waals surface area contributed by atoms with Gasteiger partial charge in [-0.05, 0) is 49.8 Å². The van der Waals surface area contributed by atoms with E-state index in [-0.39, 0.29) is 0 Å². The quantitative estimate of drug-likeness (QED) is 0.676. The van der Waals surface area contributed by atoms with Crippen molar-refractivity contribution in [1.82, 2.24) is 15.0 Å². The van der Waals surface area contributed by atoms with Gasteiger partial charge in [0.1, 0.15) is 10.6 Å². The van der Waals surface area contributed by atoms with E-state index >= 15 is 0 Å². The fourth-order valence-corrected chi connectivity index (χ4v) is 4.56. The molecule has 3 aromatic heterocycles. The first-order valence-corrected chi connectivity index (χ1v) is 9.65. The van der Waals surface area contributed by atoms with Gasteiger partial charge in [-0.3, -0.25) is 4.98 Å². The van der Waals surface area contributed by atoms with Crippen LogP contribution in [0.4, 0.5) is 5.82 Å². The molecule has 0 fully saturated rings. The minimum Gasteiger partial charge on any atom is -0.369 e. The lowest BCUT2D eigenvalue weighted by Gasteiger charge is -2.13. The highest BCUT2D eigenvalue weighted by atomic mass is 32.1. The molecule has 4 nitrogen and oxygen atoms in total. The van der Waals surface area contributed by atoms with Crippen LogP contribution < -0.4 is 5.32 Å². The van der Waals surface area contributed by atoms with E-state index in [4.69, 9.17) is 9.97 Å². The maximum atomic E-state index is 4.88. The number of unbranched alkanes of at least 4 members (excludes halogenated alkanes) is 1. The van der Waals surface area contributed by atoms with Crippen molar-refractivity contribution < 1.29 is 0 Å². The fourth-order valence-electron chi connectivity index (χ4n) is 3.30. The third-order valence-corrected chi connectivity index (χ3v) is 5.76. The zero-order valence-corrected chi connectivity index (χ0v) is 14.8. The molecule has 3 aromatic rings. The monoisotopic (exact) mass is 338 g/mol. The molecule has 1 aliphatic rings. The molecule has 0 atom stereocenters. The summed E-state index contributed by atoms with van der Waals surface area (Å²) in [6.07, 6.45) is 10.9. The largest absolute Gasteiger partial charge is 0.369 e. The third kappa shape index (κ3) is 2.88. The van der Waals surface area contributed by atoms with E-state index in [0.717, 1.165) is 41.4 Å². The molecule has 1 N–H and O–H groups in total. The summed E-state index contributed by atoms with van der Waals surface area (Å²) in [6.45, 7) is 3.18. The van der Waals surface area contributed by atoms with Crippen LogP contribution in [0.5, 0.6) is 0 Å². The molecule has 0 aliphatic heterocycles. The van der Waals surface area contributed by atoms with Crippen molar-refractivity contribution in [3.63, 3.8) is 0 Å². The fraction of sp³-hybridized carbons (Fsp3) is 0.421. The van der Waals surface area contributed by atoms with Gasteiger partial charge in [-0.25, -0.2) is 9.97 Å². The van der Waals surface area contributed by atoms with Gasteiger partial charge in [0.05, 0.1) is 5.39 Å². The predicted octanol–water partition coefficient (Wildman–Crippen LogP) is 4.84. The highest BCUT2D eigenvalue weighted by Gasteiger charge is 2.21. The summed E-state index contributed by atoms with van der Waals surface area (Å²) in [7, 11) is 0. The van der Waals surface area contributed by atoms with E-state index in [1.807, 2.05) is 23.5 Å². The summed E-state index contributed by atoms with van der Waals surface area (Å²) < 4.78 is 0. The molecular weight excluding hydrogens is 316 g/mol. The molecule has 0 bridgehead atoms. The van der Waals surface area contributed by atoms with Gasteiger partial charge in [0, 0.05) is 29.4 Å². The normalized spacial score (nSPS) is 13.9. The molecule has 0 aromatic carbocycles. The number of nitrogens with zero attached hydrogens (tertiary/aromatic N) is 3. The second-order valence-electron chi connectivity index (χ2n) is 6.30. The lowest BCUT2D eigenvalue weighted by Crippen LogP contribution is -2.06. The number of anilines is 1. The van der Waals surface area contributed by atoms with Gasteiger partial charge in [0.15, 0.2) is 5.82 Å². The van der Waals surface area contributed by atoms with Gasteiger partial charge in [0.25, 0.3) is 0 Å². The van der Waals surface area contributed by atoms with E-state index in [2.05, 4.69) is 17.2 Å². The lowest BCUT2D eigenvalue weighted by atomic mass is 9.97. The van der Waals surface area contributed by atoms with Crippen LogP contribution in [0.2, 0.25) is 0 Å². The van der Waals surface area contributed by atoms with Crippen molar-refractivity contribution in [2.75, 3.05) is 11.9 Å². The maximum Gasteiger partial charge on any atom is 0.163 e. The van der Waals surface area contributed by atoms with Gasteiger partial charge < -0.3 is 5.32 Å². The summed E-state index contributed by atoms with van der Waals surface area (Å²) in [5.41, 5.74) is 2.51. The number of hydrogen-bond donors (Lipinski definition) is 1. The SMILES string of the molecule is CCCCNc1nc(-c2ccncc2)nc2sc3c(c12)CCCC3. The minimum absolute atomic E-state index is 0.794. The van der Waals surface area contributed by atoms with Gasteiger partial charge >= 0.3 is 0 Å². The zero-order chi connectivity index (χ0) is 16.4. The Balaban J connectivity index is 1.85. The highest BCUT2D eigenvalue weighted by molar-refractivity contribution is 7.19. The second-order valence-corrected chi connectivity index (χ2v) is 7.39. The van der Waals surface area contributed by atoms with Crippen LogP contribution in [-0.4, -0.2) is 21.5 Å². The average Bonchev–Trinajstić information content (AvgIpc) is 3.01. The van der Waals surface area contributed by atoms with E-state index in [1.54, 1.807) is 12.4 Å². The van der Waals surface area contributed by atoms with Crippen molar-refractivity contribution in [2.24, 2.45) is 0 Å². The van der Waals surface area contributed by atoms with Crippen LogP contribution in [0.3, 0.4) is 0 Å². The Kier molecular flexibility index (Phi) is 4.43. The number of nitrogens with one attached hydrogen (secondary N) is 1. The van der Waals surface area contributed by atoms with Crippen molar-refractivity contribution in [3.8, 4) is 11.4 Å². The molecule has 124 valence electrons. The van der Waals surface area contributed by atoms with E-state index in [9.17, 15) is 0 Å².